The van der Waals surface area contributed by atoms with E-state index in [-0.39, 0.29) is 0 Å². The average molecular weight is 301 g/mol. The molecule has 1 aromatic carbocycles. The first-order valence-electron chi connectivity index (χ1n) is 4.84. The Balaban J connectivity index is 2.11. The minimum atomic E-state index is -0.400. The van der Waals surface area contributed by atoms with E-state index in [0.717, 1.165) is 0 Å². The summed E-state index contributed by atoms with van der Waals surface area (Å²) in [5.74, 6) is 0.612. The molecule has 1 aromatic heterocycles. The molecule has 0 saturated heterocycles. The van der Waals surface area contributed by atoms with Crippen molar-refractivity contribution in [2.75, 3.05) is 11.1 Å². The lowest BCUT2D eigenvalue weighted by molar-refractivity contribution is 0.388. The molecule has 0 radical (unpaired) electrons. The zero-order chi connectivity index (χ0) is 12.4. The highest BCUT2D eigenvalue weighted by molar-refractivity contribution is 9.10. The SMILES string of the molecule is Cc1nc(CNc2cc(Br)c(F)cc2N)no1. The number of aryl methyl sites for hydroxylation is 1. The molecule has 1 heterocycles. The van der Waals surface area contributed by atoms with Crippen LogP contribution in [0.3, 0.4) is 0 Å². The van der Waals surface area contributed by atoms with Crippen LogP contribution in [-0.4, -0.2) is 10.1 Å². The lowest BCUT2D eigenvalue weighted by atomic mass is 10.2. The van der Waals surface area contributed by atoms with Gasteiger partial charge in [-0.2, -0.15) is 4.98 Å². The first kappa shape index (κ1) is 11.8. The van der Waals surface area contributed by atoms with E-state index in [1.807, 2.05) is 0 Å². The Morgan fingerprint density at radius 2 is 2.29 bits per heavy atom. The van der Waals surface area contributed by atoms with Gasteiger partial charge in [-0.1, -0.05) is 5.16 Å². The number of hydrogen-bond donors (Lipinski definition) is 2. The normalized spacial score (nSPS) is 10.5. The summed E-state index contributed by atoms with van der Waals surface area (Å²) >= 11 is 3.09. The molecule has 0 spiro atoms. The van der Waals surface area contributed by atoms with Gasteiger partial charge in [0, 0.05) is 13.0 Å². The topological polar surface area (TPSA) is 77.0 Å². The van der Waals surface area contributed by atoms with Crippen molar-refractivity contribution in [2.24, 2.45) is 0 Å². The van der Waals surface area contributed by atoms with E-state index in [2.05, 4.69) is 31.4 Å². The van der Waals surface area contributed by atoms with Gasteiger partial charge in [0.1, 0.15) is 5.82 Å². The monoisotopic (exact) mass is 300 g/mol. The number of nitrogens with zero attached hydrogens (tertiary/aromatic N) is 2. The molecule has 3 N–H and O–H groups in total. The van der Waals surface area contributed by atoms with Gasteiger partial charge < -0.3 is 15.6 Å². The van der Waals surface area contributed by atoms with Crippen LogP contribution in [-0.2, 0) is 6.54 Å². The highest BCUT2D eigenvalue weighted by atomic mass is 79.9. The lowest BCUT2D eigenvalue weighted by Gasteiger charge is -2.08. The van der Waals surface area contributed by atoms with E-state index in [4.69, 9.17) is 10.3 Å². The smallest absolute Gasteiger partial charge is 0.223 e. The van der Waals surface area contributed by atoms with Crippen LogP contribution in [0.4, 0.5) is 15.8 Å². The van der Waals surface area contributed by atoms with Crippen LogP contribution in [0.1, 0.15) is 11.7 Å². The largest absolute Gasteiger partial charge is 0.397 e. The Morgan fingerprint density at radius 1 is 1.53 bits per heavy atom. The number of nitrogens with one attached hydrogen (secondary N) is 1. The summed E-state index contributed by atoms with van der Waals surface area (Å²) in [6.45, 7) is 2.07. The van der Waals surface area contributed by atoms with Gasteiger partial charge in [0.05, 0.1) is 22.4 Å². The fraction of sp³-hybridized carbons (Fsp3) is 0.200. The summed E-state index contributed by atoms with van der Waals surface area (Å²) in [6.07, 6.45) is 0. The predicted octanol–water partition coefficient (Wildman–Crippen LogP) is 2.47. The van der Waals surface area contributed by atoms with Crippen molar-refractivity contribution in [3.8, 4) is 0 Å². The Morgan fingerprint density at radius 3 is 2.94 bits per heavy atom. The molecular weight excluding hydrogens is 291 g/mol. The zero-order valence-corrected chi connectivity index (χ0v) is 10.6. The molecule has 0 unspecified atom stereocenters. The average Bonchev–Trinajstić information content (AvgIpc) is 2.68. The molecule has 2 aromatic rings. The number of nitrogens with two attached hydrogens (primary N) is 1. The maximum Gasteiger partial charge on any atom is 0.223 e. The van der Waals surface area contributed by atoms with E-state index in [1.54, 1.807) is 13.0 Å². The molecule has 0 fully saturated rings. The Labute approximate surface area is 105 Å². The second-order valence-corrected chi connectivity index (χ2v) is 4.29. The summed E-state index contributed by atoms with van der Waals surface area (Å²) in [6, 6.07) is 2.81. The van der Waals surface area contributed by atoms with Gasteiger partial charge in [-0.3, -0.25) is 0 Å². The first-order valence-corrected chi connectivity index (χ1v) is 5.63. The summed E-state index contributed by atoms with van der Waals surface area (Å²) in [5.41, 5.74) is 6.61. The van der Waals surface area contributed by atoms with Gasteiger partial charge in [0.25, 0.3) is 0 Å². The van der Waals surface area contributed by atoms with E-state index < -0.39 is 5.82 Å². The second kappa shape index (κ2) is 4.70. The molecule has 17 heavy (non-hydrogen) atoms. The Bertz CT molecular complexity index is 543. The van der Waals surface area contributed by atoms with Crippen molar-refractivity contribution in [2.45, 2.75) is 13.5 Å². The molecule has 5 nitrogen and oxygen atoms in total. The van der Waals surface area contributed by atoms with Crippen LogP contribution in [0, 0.1) is 12.7 Å². The van der Waals surface area contributed by atoms with Crippen LogP contribution in [0.5, 0.6) is 0 Å². The third-order valence-corrected chi connectivity index (χ3v) is 2.71. The van der Waals surface area contributed by atoms with Gasteiger partial charge in [-0.15, -0.1) is 0 Å². The van der Waals surface area contributed by atoms with E-state index >= 15 is 0 Å². The minimum Gasteiger partial charge on any atom is -0.397 e. The molecule has 0 atom stereocenters. The summed E-state index contributed by atoms with van der Waals surface area (Å²) in [7, 11) is 0. The minimum absolute atomic E-state index is 0.325. The van der Waals surface area contributed by atoms with Crippen molar-refractivity contribution in [1.29, 1.82) is 0 Å². The van der Waals surface area contributed by atoms with Crippen LogP contribution in [0.15, 0.2) is 21.1 Å². The summed E-state index contributed by atoms with van der Waals surface area (Å²) < 4.78 is 18.3. The number of benzene rings is 1. The Hall–Kier alpha value is -1.63. The molecule has 0 bridgehead atoms. The summed E-state index contributed by atoms with van der Waals surface area (Å²) in [5, 5.41) is 6.73. The third-order valence-electron chi connectivity index (χ3n) is 2.10. The highest BCUT2D eigenvalue weighted by Crippen LogP contribution is 2.26. The van der Waals surface area contributed by atoms with Crippen molar-refractivity contribution in [1.82, 2.24) is 10.1 Å². The highest BCUT2D eigenvalue weighted by Gasteiger charge is 2.07. The number of anilines is 2. The third kappa shape index (κ3) is 2.73. The maximum atomic E-state index is 13.1. The van der Waals surface area contributed by atoms with Crippen LogP contribution in [0.25, 0.3) is 0 Å². The maximum absolute atomic E-state index is 13.1. The fourth-order valence-electron chi connectivity index (χ4n) is 1.30. The Kier molecular flexibility index (Phi) is 3.28. The quantitative estimate of drug-likeness (QED) is 0.852. The molecule has 0 amide bonds. The van der Waals surface area contributed by atoms with Crippen molar-refractivity contribution in [3.05, 3.63) is 34.1 Å². The van der Waals surface area contributed by atoms with Crippen LogP contribution >= 0.6 is 15.9 Å². The fourth-order valence-corrected chi connectivity index (χ4v) is 1.65. The standard InChI is InChI=1S/C10H10BrFN4O/c1-5-15-10(16-17-5)4-14-9-2-6(11)7(12)3-8(9)13/h2-3,14H,4,13H2,1H3. The molecule has 90 valence electrons. The zero-order valence-electron chi connectivity index (χ0n) is 9.00. The number of nitrogen functional groups attached to an aromatic ring is 1. The molecule has 2 rings (SSSR count). The van der Waals surface area contributed by atoms with Crippen molar-refractivity contribution in [3.63, 3.8) is 0 Å². The van der Waals surface area contributed by atoms with Crippen LogP contribution in [0.2, 0.25) is 0 Å². The van der Waals surface area contributed by atoms with E-state index in [1.165, 1.54) is 6.07 Å². The van der Waals surface area contributed by atoms with E-state index in [9.17, 15) is 4.39 Å². The lowest BCUT2D eigenvalue weighted by Crippen LogP contribution is -2.04. The summed E-state index contributed by atoms with van der Waals surface area (Å²) in [4.78, 5) is 4.03. The first-order chi connectivity index (χ1) is 8.06. The molecule has 0 aliphatic carbocycles. The van der Waals surface area contributed by atoms with Gasteiger partial charge in [0.2, 0.25) is 5.89 Å². The molecular formula is C10H10BrFN4O. The van der Waals surface area contributed by atoms with Gasteiger partial charge >= 0.3 is 0 Å². The van der Waals surface area contributed by atoms with Gasteiger partial charge in [-0.25, -0.2) is 4.39 Å². The van der Waals surface area contributed by atoms with Gasteiger partial charge in [-0.05, 0) is 22.0 Å². The van der Waals surface area contributed by atoms with Crippen LogP contribution < -0.4 is 11.1 Å². The number of rotatable bonds is 3. The number of hydrogen-bond acceptors (Lipinski definition) is 5. The number of aromatic nitrogens is 2. The van der Waals surface area contributed by atoms with Gasteiger partial charge in [0.15, 0.2) is 5.82 Å². The molecule has 0 saturated carbocycles. The molecule has 0 aliphatic heterocycles. The predicted molar refractivity (Wildman–Crippen MR) is 64.9 cm³/mol. The molecule has 0 aliphatic rings. The van der Waals surface area contributed by atoms with Crippen molar-refractivity contribution >= 4 is 27.3 Å². The van der Waals surface area contributed by atoms with Crippen molar-refractivity contribution < 1.29 is 8.91 Å². The molecule has 7 heteroatoms. The van der Waals surface area contributed by atoms with E-state index in [0.29, 0.717) is 34.1 Å². The number of halogens is 2. The second-order valence-electron chi connectivity index (χ2n) is 3.44.